The van der Waals surface area contributed by atoms with E-state index in [4.69, 9.17) is 0 Å². The third kappa shape index (κ3) is 2.02. The minimum absolute atomic E-state index is 0.750. The van der Waals surface area contributed by atoms with Gasteiger partial charge < -0.3 is 0 Å². The molecule has 0 nitrogen and oxygen atoms in total. The molecule has 1 aliphatic carbocycles. The van der Waals surface area contributed by atoms with Gasteiger partial charge in [-0.2, -0.15) is 0 Å². The number of hydrogen-bond donors (Lipinski definition) is 0. The first-order chi connectivity index (χ1) is 4.83. The zero-order valence-corrected chi connectivity index (χ0v) is 6.93. The lowest BCUT2D eigenvalue weighted by atomic mass is 10.0. The van der Waals surface area contributed by atoms with Gasteiger partial charge in [-0.25, -0.2) is 0 Å². The Morgan fingerprint density at radius 2 is 2.30 bits per heavy atom. The van der Waals surface area contributed by atoms with E-state index >= 15 is 0 Å². The summed E-state index contributed by atoms with van der Waals surface area (Å²) < 4.78 is 0. The maximum atomic E-state index is 2.36. The minimum Gasteiger partial charge on any atom is -0.0774 e. The Labute approximate surface area is 63.6 Å². The molecule has 0 bridgehead atoms. The Morgan fingerprint density at radius 1 is 1.50 bits per heavy atom. The van der Waals surface area contributed by atoms with Crippen molar-refractivity contribution in [2.24, 2.45) is 5.92 Å². The van der Waals surface area contributed by atoms with Crippen LogP contribution in [0, 0.1) is 5.92 Å². The normalized spacial score (nSPS) is 23.4. The minimum atomic E-state index is 0.750. The second-order valence-corrected chi connectivity index (χ2v) is 3.08. The lowest BCUT2D eigenvalue weighted by molar-refractivity contribution is 0.646. The molecule has 0 aromatic rings. The standard InChI is InChI=1S/C10H16/c1-3-4-5-10-7-6-9(2)8-10/h6-8,10H,3-5H2,1-2H3/t10-/m1/s1. The van der Waals surface area contributed by atoms with Crippen molar-refractivity contribution >= 4 is 0 Å². The third-order valence-electron chi connectivity index (χ3n) is 1.97. The highest BCUT2D eigenvalue weighted by atomic mass is 14.1. The van der Waals surface area contributed by atoms with Gasteiger partial charge >= 0.3 is 0 Å². The molecule has 56 valence electrons. The maximum absolute atomic E-state index is 2.36. The zero-order valence-electron chi connectivity index (χ0n) is 6.93. The van der Waals surface area contributed by atoms with Crippen molar-refractivity contribution in [1.29, 1.82) is 0 Å². The predicted molar refractivity (Wildman–Crippen MR) is 45.9 cm³/mol. The van der Waals surface area contributed by atoms with Gasteiger partial charge in [0.25, 0.3) is 0 Å². The summed E-state index contributed by atoms with van der Waals surface area (Å²) in [5.41, 5.74) is 1.43. The fourth-order valence-corrected chi connectivity index (χ4v) is 1.34. The average molecular weight is 136 g/mol. The summed E-state index contributed by atoms with van der Waals surface area (Å²) in [6.45, 7) is 4.41. The summed E-state index contributed by atoms with van der Waals surface area (Å²) in [5, 5.41) is 0. The molecule has 0 saturated heterocycles. The number of allylic oxidation sites excluding steroid dienone is 4. The van der Waals surface area contributed by atoms with Crippen LogP contribution in [0.25, 0.3) is 0 Å². The largest absolute Gasteiger partial charge is 0.0774 e. The highest BCUT2D eigenvalue weighted by Gasteiger charge is 2.04. The lowest BCUT2D eigenvalue weighted by Crippen LogP contribution is -1.87. The first kappa shape index (κ1) is 7.59. The van der Waals surface area contributed by atoms with Crippen molar-refractivity contribution in [3.05, 3.63) is 23.8 Å². The van der Waals surface area contributed by atoms with Crippen LogP contribution in [0.2, 0.25) is 0 Å². The fourth-order valence-electron chi connectivity index (χ4n) is 1.34. The van der Waals surface area contributed by atoms with Crippen molar-refractivity contribution in [3.63, 3.8) is 0 Å². The smallest absolute Gasteiger partial charge is 0.00446 e. The summed E-state index contributed by atoms with van der Waals surface area (Å²) in [5.74, 6) is 0.750. The van der Waals surface area contributed by atoms with Crippen LogP contribution >= 0.6 is 0 Å². The first-order valence-electron chi connectivity index (χ1n) is 4.19. The second kappa shape index (κ2) is 3.60. The van der Waals surface area contributed by atoms with E-state index in [1.165, 1.54) is 24.8 Å². The van der Waals surface area contributed by atoms with Gasteiger partial charge in [0.15, 0.2) is 0 Å². The van der Waals surface area contributed by atoms with Crippen LogP contribution < -0.4 is 0 Å². The number of rotatable bonds is 3. The molecule has 10 heavy (non-hydrogen) atoms. The van der Waals surface area contributed by atoms with E-state index in [1.54, 1.807) is 0 Å². The molecule has 0 N–H and O–H groups in total. The van der Waals surface area contributed by atoms with Crippen molar-refractivity contribution in [2.45, 2.75) is 33.1 Å². The van der Waals surface area contributed by atoms with Crippen LogP contribution in [0.4, 0.5) is 0 Å². The van der Waals surface area contributed by atoms with E-state index in [9.17, 15) is 0 Å². The van der Waals surface area contributed by atoms with Crippen molar-refractivity contribution in [2.75, 3.05) is 0 Å². The summed E-state index contributed by atoms with van der Waals surface area (Å²) >= 11 is 0. The molecule has 0 aliphatic heterocycles. The van der Waals surface area contributed by atoms with E-state index in [-0.39, 0.29) is 0 Å². The molecule has 0 aromatic heterocycles. The molecule has 1 atom stereocenters. The Balaban J connectivity index is 2.26. The Kier molecular flexibility index (Phi) is 2.73. The Bertz CT molecular complexity index is 151. The maximum Gasteiger partial charge on any atom is -0.00446 e. The van der Waals surface area contributed by atoms with Gasteiger partial charge in [-0.15, -0.1) is 0 Å². The number of hydrogen-bond acceptors (Lipinski definition) is 0. The quantitative estimate of drug-likeness (QED) is 0.558. The third-order valence-corrected chi connectivity index (χ3v) is 1.97. The Morgan fingerprint density at radius 3 is 2.80 bits per heavy atom. The highest BCUT2D eigenvalue weighted by molar-refractivity contribution is 5.26. The zero-order chi connectivity index (χ0) is 7.40. The lowest BCUT2D eigenvalue weighted by Gasteiger charge is -2.01. The molecule has 0 heterocycles. The molecule has 0 unspecified atom stereocenters. The Hall–Kier alpha value is -0.520. The van der Waals surface area contributed by atoms with Gasteiger partial charge in [0.1, 0.15) is 0 Å². The van der Waals surface area contributed by atoms with E-state index in [1.807, 2.05) is 0 Å². The average Bonchev–Trinajstić information content (AvgIpc) is 2.31. The van der Waals surface area contributed by atoms with Crippen LogP contribution in [-0.2, 0) is 0 Å². The molecule has 0 amide bonds. The van der Waals surface area contributed by atoms with Gasteiger partial charge in [-0.1, -0.05) is 43.6 Å². The van der Waals surface area contributed by atoms with Gasteiger partial charge in [0, 0.05) is 0 Å². The van der Waals surface area contributed by atoms with Crippen LogP contribution in [0.15, 0.2) is 23.8 Å². The van der Waals surface area contributed by atoms with Crippen LogP contribution in [0.3, 0.4) is 0 Å². The van der Waals surface area contributed by atoms with Gasteiger partial charge in [0.05, 0.1) is 0 Å². The summed E-state index contributed by atoms with van der Waals surface area (Å²) in [7, 11) is 0. The molecule has 0 fully saturated rings. The topological polar surface area (TPSA) is 0 Å². The SMILES string of the molecule is CCCC[C@@H]1C=CC(C)=C1. The first-order valence-corrected chi connectivity index (χ1v) is 4.19. The van der Waals surface area contributed by atoms with Crippen molar-refractivity contribution in [1.82, 2.24) is 0 Å². The van der Waals surface area contributed by atoms with Gasteiger partial charge in [0.2, 0.25) is 0 Å². The molecule has 1 aliphatic rings. The van der Waals surface area contributed by atoms with Crippen LogP contribution in [-0.4, -0.2) is 0 Å². The van der Waals surface area contributed by atoms with E-state index in [0.29, 0.717) is 0 Å². The van der Waals surface area contributed by atoms with Gasteiger partial charge in [-0.3, -0.25) is 0 Å². The van der Waals surface area contributed by atoms with E-state index in [0.717, 1.165) is 5.92 Å². The highest BCUT2D eigenvalue weighted by Crippen LogP contribution is 2.20. The number of unbranched alkanes of at least 4 members (excludes halogenated alkanes) is 1. The molecular weight excluding hydrogens is 120 g/mol. The molecule has 0 spiro atoms. The fraction of sp³-hybridized carbons (Fsp3) is 0.600. The molecule has 0 saturated carbocycles. The summed E-state index contributed by atoms with van der Waals surface area (Å²) in [6, 6.07) is 0. The van der Waals surface area contributed by atoms with E-state index in [2.05, 4.69) is 32.1 Å². The molecule has 0 radical (unpaired) electrons. The van der Waals surface area contributed by atoms with Crippen molar-refractivity contribution in [3.8, 4) is 0 Å². The molecule has 0 heteroatoms. The summed E-state index contributed by atoms with van der Waals surface area (Å²) in [4.78, 5) is 0. The second-order valence-electron chi connectivity index (χ2n) is 3.08. The van der Waals surface area contributed by atoms with E-state index < -0.39 is 0 Å². The molecule has 1 rings (SSSR count). The van der Waals surface area contributed by atoms with Gasteiger partial charge in [-0.05, 0) is 19.3 Å². The molecular formula is C10H16. The van der Waals surface area contributed by atoms with Crippen molar-refractivity contribution < 1.29 is 0 Å². The molecule has 0 aromatic carbocycles. The van der Waals surface area contributed by atoms with Crippen LogP contribution in [0.5, 0.6) is 0 Å². The van der Waals surface area contributed by atoms with Crippen LogP contribution in [0.1, 0.15) is 33.1 Å². The monoisotopic (exact) mass is 136 g/mol. The predicted octanol–water partition coefficient (Wildman–Crippen LogP) is 3.31. The summed E-state index contributed by atoms with van der Waals surface area (Å²) in [6.07, 6.45) is 10.9.